The van der Waals surface area contributed by atoms with E-state index in [0.717, 1.165) is 23.3 Å². The average molecular weight is 245 g/mol. The number of aliphatic hydroxyl groups is 1. The maximum Gasteiger partial charge on any atom is 0.146 e. The minimum Gasteiger partial charge on any atom is -0.495 e. The van der Waals surface area contributed by atoms with E-state index in [1.807, 2.05) is 18.4 Å². The SMILES string of the molecule is Cc1csc(C(O)C2=CCCCO2)c1Cl. The molecule has 1 aromatic heterocycles. The number of ether oxygens (including phenoxy) is 1. The summed E-state index contributed by atoms with van der Waals surface area (Å²) < 4.78 is 5.42. The maximum atomic E-state index is 10.1. The Bertz CT molecular complexity index is 384. The topological polar surface area (TPSA) is 29.5 Å². The monoisotopic (exact) mass is 244 g/mol. The van der Waals surface area contributed by atoms with Crippen molar-refractivity contribution in [3.8, 4) is 0 Å². The highest BCUT2D eigenvalue weighted by molar-refractivity contribution is 7.10. The van der Waals surface area contributed by atoms with Crippen molar-refractivity contribution in [1.29, 1.82) is 0 Å². The van der Waals surface area contributed by atoms with Gasteiger partial charge in [-0.3, -0.25) is 0 Å². The third kappa shape index (κ3) is 2.19. The Balaban J connectivity index is 2.23. The van der Waals surface area contributed by atoms with E-state index in [9.17, 15) is 5.11 Å². The average Bonchev–Trinajstić information content (AvgIpc) is 2.60. The van der Waals surface area contributed by atoms with Crippen LogP contribution in [0.15, 0.2) is 17.2 Å². The highest BCUT2D eigenvalue weighted by Crippen LogP contribution is 2.36. The standard InChI is InChI=1S/C11H13ClO2S/c1-7-6-15-11(9(7)12)10(13)8-4-2-3-5-14-8/h4,6,10,13H,2-3,5H2,1H3. The molecule has 1 aromatic rings. The summed E-state index contributed by atoms with van der Waals surface area (Å²) in [7, 11) is 0. The Kier molecular flexibility index (Phi) is 3.34. The molecule has 0 spiro atoms. The molecule has 1 aliphatic heterocycles. The summed E-state index contributed by atoms with van der Waals surface area (Å²) in [6.07, 6.45) is 3.23. The number of thiophene rings is 1. The smallest absolute Gasteiger partial charge is 0.146 e. The molecule has 1 N–H and O–H groups in total. The molecule has 0 bridgehead atoms. The largest absolute Gasteiger partial charge is 0.495 e. The van der Waals surface area contributed by atoms with Crippen molar-refractivity contribution in [2.24, 2.45) is 0 Å². The van der Waals surface area contributed by atoms with Crippen molar-refractivity contribution in [2.75, 3.05) is 6.61 Å². The second kappa shape index (κ2) is 4.56. The van der Waals surface area contributed by atoms with Crippen LogP contribution in [0.4, 0.5) is 0 Å². The molecule has 15 heavy (non-hydrogen) atoms. The number of aryl methyl sites for hydroxylation is 1. The molecule has 0 radical (unpaired) electrons. The van der Waals surface area contributed by atoms with Gasteiger partial charge in [-0.1, -0.05) is 11.6 Å². The maximum absolute atomic E-state index is 10.1. The van der Waals surface area contributed by atoms with Gasteiger partial charge in [-0.05, 0) is 36.8 Å². The van der Waals surface area contributed by atoms with Gasteiger partial charge in [-0.15, -0.1) is 11.3 Å². The summed E-state index contributed by atoms with van der Waals surface area (Å²) in [4.78, 5) is 0.780. The van der Waals surface area contributed by atoms with Crippen LogP contribution < -0.4 is 0 Å². The van der Waals surface area contributed by atoms with E-state index in [2.05, 4.69) is 0 Å². The first-order valence-electron chi connectivity index (χ1n) is 4.94. The zero-order valence-corrected chi connectivity index (χ0v) is 10.1. The summed E-state index contributed by atoms with van der Waals surface area (Å²) in [6.45, 7) is 2.62. The summed E-state index contributed by atoms with van der Waals surface area (Å²) in [6, 6.07) is 0. The van der Waals surface area contributed by atoms with Gasteiger partial charge in [-0.25, -0.2) is 0 Å². The van der Waals surface area contributed by atoms with E-state index in [-0.39, 0.29) is 0 Å². The molecule has 1 aliphatic rings. The zero-order chi connectivity index (χ0) is 10.8. The van der Waals surface area contributed by atoms with Crippen LogP contribution in [0.3, 0.4) is 0 Å². The molecule has 2 rings (SSSR count). The van der Waals surface area contributed by atoms with Gasteiger partial charge in [0.2, 0.25) is 0 Å². The van der Waals surface area contributed by atoms with Crippen LogP contribution in [0, 0.1) is 6.92 Å². The third-order valence-electron chi connectivity index (χ3n) is 2.41. The fourth-order valence-corrected chi connectivity index (χ4v) is 2.82. The van der Waals surface area contributed by atoms with Gasteiger partial charge in [0.25, 0.3) is 0 Å². The summed E-state index contributed by atoms with van der Waals surface area (Å²) in [5.74, 6) is 0.644. The minimum absolute atomic E-state index is 0.644. The second-order valence-corrected chi connectivity index (χ2v) is 4.89. The molecule has 0 aromatic carbocycles. The van der Waals surface area contributed by atoms with Crippen LogP contribution in [0.5, 0.6) is 0 Å². The van der Waals surface area contributed by atoms with Gasteiger partial charge in [-0.2, -0.15) is 0 Å². The number of allylic oxidation sites excluding steroid dienone is 1. The fourth-order valence-electron chi connectivity index (χ4n) is 1.53. The van der Waals surface area contributed by atoms with E-state index in [1.165, 1.54) is 11.3 Å². The second-order valence-electron chi connectivity index (χ2n) is 3.60. The molecule has 0 saturated heterocycles. The zero-order valence-electron chi connectivity index (χ0n) is 8.50. The lowest BCUT2D eigenvalue weighted by Gasteiger charge is -2.19. The first-order valence-corrected chi connectivity index (χ1v) is 6.20. The lowest BCUT2D eigenvalue weighted by molar-refractivity contribution is 0.0937. The molecule has 0 saturated carbocycles. The molecule has 82 valence electrons. The number of halogens is 1. The number of aliphatic hydroxyl groups excluding tert-OH is 1. The molecule has 2 heterocycles. The normalized spacial score (nSPS) is 18.2. The Hall–Kier alpha value is -0.510. The lowest BCUT2D eigenvalue weighted by atomic mass is 10.1. The number of rotatable bonds is 2. The Morgan fingerprint density at radius 3 is 2.93 bits per heavy atom. The third-order valence-corrected chi connectivity index (χ3v) is 4.17. The van der Waals surface area contributed by atoms with Crippen molar-refractivity contribution >= 4 is 22.9 Å². The van der Waals surface area contributed by atoms with Crippen LogP contribution in [0.1, 0.15) is 29.4 Å². The lowest BCUT2D eigenvalue weighted by Crippen LogP contribution is -2.09. The molecule has 0 aliphatic carbocycles. The predicted octanol–water partition coefficient (Wildman–Crippen LogP) is 3.44. The highest BCUT2D eigenvalue weighted by Gasteiger charge is 2.21. The summed E-state index contributed by atoms with van der Waals surface area (Å²) in [5.41, 5.74) is 1.01. The van der Waals surface area contributed by atoms with Crippen LogP contribution >= 0.6 is 22.9 Å². The molecular weight excluding hydrogens is 232 g/mol. The van der Waals surface area contributed by atoms with Gasteiger partial charge in [0.05, 0.1) is 16.5 Å². The molecule has 0 amide bonds. The molecule has 4 heteroatoms. The van der Waals surface area contributed by atoms with E-state index in [1.54, 1.807) is 0 Å². The summed E-state index contributed by atoms with van der Waals surface area (Å²) in [5, 5.41) is 12.7. The van der Waals surface area contributed by atoms with Gasteiger partial charge in [0, 0.05) is 0 Å². The number of hydrogen-bond acceptors (Lipinski definition) is 3. The van der Waals surface area contributed by atoms with Crippen LogP contribution in [0.2, 0.25) is 5.02 Å². The van der Waals surface area contributed by atoms with Crippen LogP contribution in [0.25, 0.3) is 0 Å². The van der Waals surface area contributed by atoms with E-state index in [0.29, 0.717) is 17.4 Å². The van der Waals surface area contributed by atoms with Crippen molar-refractivity contribution < 1.29 is 9.84 Å². The first kappa shape index (κ1) is 11.0. The van der Waals surface area contributed by atoms with E-state index >= 15 is 0 Å². The number of hydrogen-bond donors (Lipinski definition) is 1. The molecule has 1 atom stereocenters. The Morgan fingerprint density at radius 1 is 1.60 bits per heavy atom. The van der Waals surface area contributed by atoms with E-state index in [4.69, 9.17) is 16.3 Å². The highest BCUT2D eigenvalue weighted by atomic mass is 35.5. The van der Waals surface area contributed by atoms with Crippen molar-refractivity contribution in [3.05, 3.63) is 32.7 Å². The Labute approximate surface area is 98.1 Å². The molecular formula is C11H13ClO2S. The van der Waals surface area contributed by atoms with Crippen molar-refractivity contribution in [3.63, 3.8) is 0 Å². The quantitative estimate of drug-likeness (QED) is 0.864. The molecule has 0 fully saturated rings. The fraction of sp³-hybridized carbons (Fsp3) is 0.455. The van der Waals surface area contributed by atoms with Crippen LogP contribution in [-0.2, 0) is 4.74 Å². The van der Waals surface area contributed by atoms with Gasteiger partial charge >= 0.3 is 0 Å². The Morgan fingerprint density at radius 2 is 2.40 bits per heavy atom. The van der Waals surface area contributed by atoms with Gasteiger partial charge in [0.15, 0.2) is 0 Å². The summed E-state index contributed by atoms with van der Waals surface area (Å²) >= 11 is 7.57. The van der Waals surface area contributed by atoms with Crippen molar-refractivity contribution in [1.82, 2.24) is 0 Å². The molecule has 1 unspecified atom stereocenters. The van der Waals surface area contributed by atoms with Crippen molar-refractivity contribution in [2.45, 2.75) is 25.9 Å². The first-order chi connectivity index (χ1) is 7.20. The van der Waals surface area contributed by atoms with E-state index < -0.39 is 6.10 Å². The minimum atomic E-state index is -0.698. The molecule has 2 nitrogen and oxygen atoms in total. The van der Waals surface area contributed by atoms with Gasteiger partial charge < -0.3 is 9.84 Å². The van der Waals surface area contributed by atoms with Crippen LogP contribution in [-0.4, -0.2) is 11.7 Å². The van der Waals surface area contributed by atoms with Gasteiger partial charge in [0.1, 0.15) is 11.9 Å². The predicted molar refractivity (Wildman–Crippen MR) is 62.3 cm³/mol.